The number of phenolic OH excluding ortho intramolecular Hbond substituents is 1. The summed E-state index contributed by atoms with van der Waals surface area (Å²) in [5.74, 6) is -2.26. The van der Waals surface area contributed by atoms with Crippen LogP contribution >= 0.6 is 0 Å². The Morgan fingerprint density at radius 3 is 2.61 bits per heavy atom. The van der Waals surface area contributed by atoms with E-state index in [-0.39, 0.29) is 29.4 Å². The molecule has 3 aromatic rings. The molecule has 11 heteroatoms. The van der Waals surface area contributed by atoms with Gasteiger partial charge >= 0.3 is 7.12 Å². The maximum Gasteiger partial charge on any atom is 0.455 e. The topological polar surface area (TPSA) is 143 Å². The maximum absolute atomic E-state index is 13.9. The number of pyridine rings is 1. The number of non-ortho nitro benzene ring substituents is 1. The predicted octanol–water partition coefficient (Wildman–Crippen LogP) is 5.43. The zero-order valence-corrected chi connectivity index (χ0v) is 24.2. The predicted molar refractivity (Wildman–Crippen MR) is 165 cm³/mol. The van der Waals surface area contributed by atoms with Gasteiger partial charge in [-0.25, -0.2) is 4.90 Å². The smallest absolute Gasteiger partial charge is 0.455 e. The highest BCUT2D eigenvalue weighted by atomic mass is 16.6. The summed E-state index contributed by atoms with van der Waals surface area (Å²) in [5, 5.41) is 32.0. The Morgan fingerprint density at radius 1 is 1.11 bits per heavy atom. The molecule has 3 heterocycles. The lowest BCUT2D eigenvalue weighted by Crippen LogP contribution is -2.46. The van der Waals surface area contributed by atoms with Gasteiger partial charge in [0.15, 0.2) is 0 Å². The first-order valence-electron chi connectivity index (χ1n) is 14.8. The minimum Gasteiger partial charge on any atom is -0.508 e. The van der Waals surface area contributed by atoms with Crippen LogP contribution in [0.4, 0.5) is 11.4 Å². The Hall–Kier alpha value is -4.61. The van der Waals surface area contributed by atoms with Gasteiger partial charge in [-0.3, -0.25) is 24.7 Å². The normalized spacial score (nSPS) is 23.5. The number of carbonyl (C=O) groups excluding carboxylic acids is 2. The summed E-state index contributed by atoms with van der Waals surface area (Å²) < 4.78 is 6.14. The van der Waals surface area contributed by atoms with E-state index in [1.54, 1.807) is 18.3 Å². The van der Waals surface area contributed by atoms with Gasteiger partial charge in [0.05, 0.1) is 34.2 Å². The maximum atomic E-state index is 13.9. The second-order valence-corrected chi connectivity index (χ2v) is 11.5. The molecule has 2 fully saturated rings. The number of benzene rings is 2. The SMILES string of the molecule is CCC1=C2[C@@H](CC/C(=C/c3ccc(O)cc3)c3ccccn3)OB(O)C[C@@H]2[C@@H]2C(=O)N(c3cccc([N+](=O)[O-])c3)C(=O)[C@@H]2C1. The minimum atomic E-state index is -1.11. The number of aromatic nitrogens is 1. The first-order valence-corrected chi connectivity index (χ1v) is 14.8. The third-order valence-electron chi connectivity index (χ3n) is 8.94. The number of carbonyl (C=O) groups is 2. The van der Waals surface area contributed by atoms with E-state index in [0.717, 1.165) is 32.9 Å². The molecule has 1 aromatic heterocycles. The number of rotatable bonds is 8. The van der Waals surface area contributed by atoms with Crippen LogP contribution in [0.3, 0.4) is 0 Å². The average Bonchev–Trinajstić information content (AvgIpc) is 3.28. The number of fused-ring (bicyclic) bond motifs is 3. The Labute approximate surface area is 255 Å². The summed E-state index contributed by atoms with van der Waals surface area (Å²) >= 11 is 0. The molecular weight excluding hydrogens is 561 g/mol. The van der Waals surface area contributed by atoms with Crippen molar-refractivity contribution in [3.05, 3.63) is 105 Å². The molecule has 224 valence electrons. The van der Waals surface area contributed by atoms with E-state index in [0.29, 0.717) is 25.7 Å². The second kappa shape index (κ2) is 12.2. The van der Waals surface area contributed by atoms with Gasteiger partial charge in [-0.15, -0.1) is 0 Å². The van der Waals surface area contributed by atoms with E-state index < -0.39 is 41.8 Å². The van der Waals surface area contributed by atoms with E-state index >= 15 is 0 Å². The van der Waals surface area contributed by atoms with Crippen LogP contribution in [0.2, 0.25) is 6.32 Å². The number of allylic oxidation sites excluding steroid dienone is 2. The van der Waals surface area contributed by atoms with Gasteiger partial charge in [0.1, 0.15) is 5.75 Å². The highest BCUT2D eigenvalue weighted by Crippen LogP contribution is 2.52. The summed E-state index contributed by atoms with van der Waals surface area (Å²) in [5.41, 5.74) is 4.67. The van der Waals surface area contributed by atoms with E-state index in [1.165, 1.54) is 24.3 Å². The molecule has 44 heavy (non-hydrogen) atoms. The Balaban J connectivity index is 1.31. The second-order valence-electron chi connectivity index (χ2n) is 11.5. The number of imide groups is 1. The van der Waals surface area contributed by atoms with Gasteiger partial charge in [0.2, 0.25) is 11.8 Å². The molecule has 4 atom stereocenters. The van der Waals surface area contributed by atoms with Gasteiger partial charge < -0.3 is 14.8 Å². The van der Waals surface area contributed by atoms with Crippen molar-refractivity contribution in [2.75, 3.05) is 4.90 Å². The standard InChI is InChI=1S/C33H32BN3O7/c1-2-21-17-26-31(33(40)36(32(26)39)23-6-5-7-24(18-23)37(42)43)27-19-34(41)44-29(30(21)27)14-11-22(28-8-3-4-15-35-28)16-20-9-12-25(38)13-10-20/h3-10,12-13,15-16,18,26-27,29,31,38,41H,2,11,14,17,19H2,1H3/b22-16-/t26-,27+,29-,31-/m1/s1. The summed E-state index contributed by atoms with van der Waals surface area (Å²) in [6.45, 7) is 2.02. The molecule has 3 aliphatic rings. The third kappa shape index (κ3) is 5.56. The quantitative estimate of drug-likeness (QED) is 0.116. The Bertz CT molecular complexity index is 1660. The van der Waals surface area contributed by atoms with Crippen molar-refractivity contribution >= 4 is 42.0 Å². The van der Waals surface area contributed by atoms with E-state index in [2.05, 4.69) is 4.98 Å². The lowest BCUT2D eigenvalue weighted by molar-refractivity contribution is -0.384. The molecule has 2 N–H and O–H groups in total. The summed E-state index contributed by atoms with van der Waals surface area (Å²) in [7, 11) is -1.11. The van der Waals surface area contributed by atoms with Crippen LogP contribution in [0.25, 0.3) is 11.6 Å². The molecule has 2 aliphatic heterocycles. The van der Waals surface area contributed by atoms with Crippen molar-refractivity contribution in [1.29, 1.82) is 0 Å². The molecule has 2 saturated heterocycles. The number of phenols is 1. The molecule has 0 bridgehead atoms. The van der Waals surface area contributed by atoms with E-state index in [9.17, 15) is 29.8 Å². The van der Waals surface area contributed by atoms with Crippen LogP contribution < -0.4 is 4.90 Å². The zero-order chi connectivity index (χ0) is 31.0. The van der Waals surface area contributed by atoms with E-state index in [1.807, 2.05) is 43.3 Å². The molecular formula is C33H32BN3O7. The largest absolute Gasteiger partial charge is 0.508 e. The fourth-order valence-corrected chi connectivity index (χ4v) is 6.99. The van der Waals surface area contributed by atoms with Crippen molar-refractivity contribution in [3.63, 3.8) is 0 Å². The summed E-state index contributed by atoms with van der Waals surface area (Å²) in [4.78, 5) is 44.1. The number of nitro groups is 1. The lowest BCUT2D eigenvalue weighted by atomic mass is 9.58. The van der Waals surface area contributed by atoms with Crippen LogP contribution in [0.1, 0.15) is 43.9 Å². The number of hydrogen-bond donors (Lipinski definition) is 2. The number of nitrogens with zero attached hydrogens (tertiary/aromatic N) is 3. The summed E-state index contributed by atoms with van der Waals surface area (Å²) in [6, 6.07) is 18.2. The Morgan fingerprint density at radius 2 is 1.91 bits per heavy atom. The first-order chi connectivity index (χ1) is 21.2. The molecule has 0 spiro atoms. The van der Waals surface area contributed by atoms with Crippen LogP contribution in [-0.4, -0.2) is 45.1 Å². The zero-order valence-electron chi connectivity index (χ0n) is 24.2. The van der Waals surface area contributed by atoms with Crippen molar-refractivity contribution in [2.45, 2.75) is 45.0 Å². The molecule has 2 amide bonds. The highest BCUT2D eigenvalue weighted by Gasteiger charge is 2.57. The van der Waals surface area contributed by atoms with Crippen molar-refractivity contribution in [1.82, 2.24) is 4.98 Å². The third-order valence-corrected chi connectivity index (χ3v) is 8.94. The lowest BCUT2D eigenvalue weighted by Gasteiger charge is -2.43. The van der Waals surface area contributed by atoms with Crippen molar-refractivity contribution in [2.24, 2.45) is 17.8 Å². The molecule has 0 unspecified atom stereocenters. The number of anilines is 1. The molecule has 10 nitrogen and oxygen atoms in total. The van der Waals surface area contributed by atoms with Crippen molar-refractivity contribution < 1.29 is 29.3 Å². The van der Waals surface area contributed by atoms with Gasteiger partial charge in [0.25, 0.3) is 5.69 Å². The van der Waals surface area contributed by atoms with Crippen LogP contribution in [0.5, 0.6) is 5.75 Å². The minimum absolute atomic E-state index is 0.177. The highest BCUT2D eigenvalue weighted by molar-refractivity contribution is 6.43. The molecule has 0 saturated carbocycles. The fourth-order valence-electron chi connectivity index (χ4n) is 6.99. The molecule has 1 aliphatic carbocycles. The first kappa shape index (κ1) is 29.5. The molecule has 0 radical (unpaired) electrons. The monoisotopic (exact) mass is 593 g/mol. The fraction of sp³-hybridized carbons (Fsp3) is 0.303. The Kier molecular flexibility index (Phi) is 8.16. The average molecular weight is 593 g/mol. The number of nitro benzene ring substituents is 1. The van der Waals surface area contributed by atoms with Gasteiger partial charge in [0, 0.05) is 18.3 Å². The number of aromatic hydroxyl groups is 1. The summed E-state index contributed by atoms with van der Waals surface area (Å²) in [6.07, 6.45) is 5.60. The van der Waals surface area contributed by atoms with Crippen molar-refractivity contribution in [3.8, 4) is 5.75 Å². The van der Waals surface area contributed by atoms with Gasteiger partial charge in [-0.05, 0) is 91.0 Å². The molecule has 6 rings (SSSR count). The van der Waals surface area contributed by atoms with Gasteiger partial charge in [-0.1, -0.05) is 36.8 Å². The number of hydrogen-bond acceptors (Lipinski definition) is 8. The molecule has 2 aromatic carbocycles. The van der Waals surface area contributed by atoms with Crippen LogP contribution in [0, 0.1) is 27.9 Å². The van der Waals surface area contributed by atoms with Crippen LogP contribution in [-0.2, 0) is 14.2 Å². The van der Waals surface area contributed by atoms with Gasteiger partial charge in [-0.2, -0.15) is 0 Å². The van der Waals surface area contributed by atoms with E-state index in [4.69, 9.17) is 4.65 Å². The van der Waals surface area contributed by atoms with Crippen LogP contribution in [0.15, 0.2) is 84.1 Å². The number of amides is 2.